The van der Waals surface area contributed by atoms with Crippen LogP contribution in [0.25, 0.3) is 0 Å². The van der Waals surface area contributed by atoms with Crippen molar-refractivity contribution in [1.82, 2.24) is 0 Å². The van der Waals surface area contributed by atoms with Crippen LogP contribution in [0.3, 0.4) is 0 Å². The van der Waals surface area contributed by atoms with Crippen LogP contribution in [0, 0.1) is 0 Å². The number of rotatable bonds is 4. The summed E-state index contributed by atoms with van der Waals surface area (Å²) in [6.45, 7) is 3.88. The lowest BCUT2D eigenvalue weighted by Gasteiger charge is -2.30. The van der Waals surface area contributed by atoms with Crippen LogP contribution in [0.4, 0.5) is 17.1 Å². The van der Waals surface area contributed by atoms with Crippen molar-refractivity contribution >= 4 is 28.9 Å². The molecule has 1 aromatic rings. The summed E-state index contributed by atoms with van der Waals surface area (Å²) in [6.07, 6.45) is 0. The van der Waals surface area contributed by atoms with Crippen molar-refractivity contribution in [2.75, 3.05) is 29.1 Å². The quantitative estimate of drug-likeness (QED) is 0.686. The van der Waals surface area contributed by atoms with E-state index in [0.717, 1.165) is 0 Å². The number of hydrogen-bond donors (Lipinski definition) is 3. The summed E-state index contributed by atoms with van der Waals surface area (Å²) in [5.74, 6) is -0.149. The van der Waals surface area contributed by atoms with E-state index in [0.29, 0.717) is 22.8 Å². The fraction of sp³-hybridized carbons (Fsp3) is 0.385. The lowest BCUT2D eigenvalue weighted by molar-refractivity contribution is -0.119. The average molecular weight is 278 g/mol. The monoisotopic (exact) mass is 278 g/mol. The third-order valence-corrected chi connectivity index (χ3v) is 3.02. The zero-order valence-corrected chi connectivity index (χ0v) is 11.5. The lowest BCUT2D eigenvalue weighted by atomic mass is 10.1. The molecule has 1 aliphatic rings. The van der Waals surface area contributed by atoms with Gasteiger partial charge < -0.3 is 26.4 Å². The minimum atomic E-state index is -0.448. The Morgan fingerprint density at radius 3 is 2.80 bits per heavy atom. The Balaban J connectivity index is 2.42. The number of hydrogen-bond acceptors (Lipinski definition) is 5. The van der Waals surface area contributed by atoms with Gasteiger partial charge in [-0.1, -0.05) is 0 Å². The van der Waals surface area contributed by atoms with Crippen molar-refractivity contribution < 1.29 is 14.3 Å². The number of carbonyl (C=O) groups excluding carboxylic acids is 2. The van der Waals surface area contributed by atoms with E-state index in [1.165, 1.54) is 0 Å². The maximum absolute atomic E-state index is 11.3. The zero-order chi connectivity index (χ0) is 14.9. The molecule has 0 atom stereocenters. The smallest absolute Gasteiger partial charge is 0.262 e. The molecule has 0 bridgehead atoms. The number of benzene rings is 1. The molecule has 2 rings (SSSR count). The number of ether oxygens (including phenoxy) is 1. The summed E-state index contributed by atoms with van der Waals surface area (Å²) < 4.78 is 5.29. The SMILES string of the molecule is CC(C)N(CC(N)=O)c1cc2c(cc1N)OCC(=O)N2. The van der Waals surface area contributed by atoms with E-state index in [1.54, 1.807) is 17.0 Å². The Bertz CT molecular complexity index is 557. The summed E-state index contributed by atoms with van der Waals surface area (Å²) in [7, 11) is 0. The van der Waals surface area contributed by atoms with Gasteiger partial charge in [0.1, 0.15) is 5.75 Å². The molecule has 0 unspecified atom stereocenters. The number of primary amides is 1. The lowest BCUT2D eigenvalue weighted by Crippen LogP contribution is -2.39. The number of nitrogens with two attached hydrogens (primary N) is 2. The maximum atomic E-state index is 11.3. The van der Waals surface area contributed by atoms with Gasteiger partial charge in [0.15, 0.2) is 6.61 Å². The van der Waals surface area contributed by atoms with Crippen molar-refractivity contribution in [1.29, 1.82) is 0 Å². The van der Waals surface area contributed by atoms with Crippen LogP contribution in [-0.4, -0.2) is 31.0 Å². The summed E-state index contributed by atoms with van der Waals surface area (Å²) in [5, 5.41) is 2.71. The zero-order valence-electron chi connectivity index (χ0n) is 11.5. The van der Waals surface area contributed by atoms with E-state index < -0.39 is 5.91 Å². The van der Waals surface area contributed by atoms with Gasteiger partial charge in [0, 0.05) is 12.1 Å². The largest absolute Gasteiger partial charge is 0.482 e. The van der Waals surface area contributed by atoms with Crippen molar-refractivity contribution in [2.45, 2.75) is 19.9 Å². The van der Waals surface area contributed by atoms with Crippen LogP contribution in [-0.2, 0) is 9.59 Å². The molecule has 108 valence electrons. The molecule has 0 aliphatic carbocycles. The normalized spacial score (nSPS) is 13.4. The Labute approximate surface area is 116 Å². The number of nitrogens with zero attached hydrogens (tertiary/aromatic N) is 1. The Hall–Kier alpha value is -2.44. The second-order valence-corrected chi connectivity index (χ2v) is 4.93. The standard InChI is InChI=1S/C13H18N4O3/c1-7(2)17(5-12(15)18)10-4-9-11(3-8(10)14)20-6-13(19)16-9/h3-4,7H,5-6,14H2,1-2H3,(H2,15,18)(H,16,19). The molecular weight excluding hydrogens is 260 g/mol. The molecule has 2 amide bonds. The average Bonchev–Trinajstić information content (AvgIpc) is 2.35. The Morgan fingerprint density at radius 2 is 2.20 bits per heavy atom. The number of nitrogens with one attached hydrogen (secondary N) is 1. The third-order valence-electron chi connectivity index (χ3n) is 3.02. The molecule has 0 spiro atoms. The molecule has 1 aliphatic heterocycles. The van der Waals surface area contributed by atoms with Gasteiger partial charge in [0.2, 0.25) is 5.91 Å². The van der Waals surface area contributed by atoms with Crippen LogP contribution in [0.1, 0.15) is 13.8 Å². The molecule has 1 aromatic carbocycles. The van der Waals surface area contributed by atoms with Gasteiger partial charge in [-0.25, -0.2) is 0 Å². The number of anilines is 3. The van der Waals surface area contributed by atoms with Gasteiger partial charge in [-0.3, -0.25) is 9.59 Å². The van der Waals surface area contributed by atoms with Gasteiger partial charge in [0.25, 0.3) is 5.91 Å². The van der Waals surface area contributed by atoms with Gasteiger partial charge >= 0.3 is 0 Å². The summed E-state index contributed by atoms with van der Waals surface area (Å²) in [5.41, 5.74) is 12.9. The van der Waals surface area contributed by atoms with E-state index in [2.05, 4.69) is 5.32 Å². The molecule has 1 heterocycles. The third kappa shape index (κ3) is 2.76. The predicted molar refractivity (Wildman–Crippen MR) is 76.7 cm³/mol. The molecule has 7 heteroatoms. The highest BCUT2D eigenvalue weighted by Crippen LogP contribution is 2.37. The van der Waals surface area contributed by atoms with Crippen molar-refractivity contribution in [3.8, 4) is 5.75 Å². The molecule has 0 aromatic heterocycles. The van der Waals surface area contributed by atoms with Crippen LogP contribution in [0.5, 0.6) is 5.75 Å². The molecular formula is C13H18N4O3. The number of fused-ring (bicyclic) bond motifs is 1. The first-order chi connectivity index (χ1) is 9.38. The van der Waals surface area contributed by atoms with E-state index in [1.807, 2.05) is 13.8 Å². The Morgan fingerprint density at radius 1 is 1.50 bits per heavy atom. The van der Waals surface area contributed by atoms with Crippen LogP contribution in [0.2, 0.25) is 0 Å². The molecule has 20 heavy (non-hydrogen) atoms. The van der Waals surface area contributed by atoms with Crippen molar-refractivity contribution in [3.63, 3.8) is 0 Å². The minimum Gasteiger partial charge on any atom is -0.482 e. The summed E-state index contributed by atoms with van der Waals surface area (Å²) in [6, 6.07) is 3.37. The van der Waals surface area contributed by atoms with Gasteiger partial charge in [-0.05, 0) is 19.9 Å². The maximum Gasteiger partial charge on any atom is 0.262 e. The summed E-state index contributed by atoms with van der Waals surface area (Å²) in [4.78, 5) is 24.3. The predicted octanol–water partition coefficient (Wildman–Crippen LogP) is 0.300. The van der Waals surface area contributed by atoms with Crippen molar-refractivity contribution in [2.24, 2.45) is 5.73 Å². The topological polar surface area (TPSA) is 111 Å². The minimum absolute atomic E-state index is 0.0268. The van der Waals surface area contributed by atoms with Gasteiger partial charge in [-0.15, -0.1) is 0 Å². The van der Waals surface area contributed by atoms with Gasteiger partial charge in [-0.2, -0.15) is 0 Å². The molecule has 0 saturated heterocycles. The number of carbonyl (C=O) groups is 2. The van der Waals surface area contributed by atoms with E-state index in [9.17, 15) is 9.59 Å². The second-order valence-electron chi connectivity index (χ2n) is 4.93. The Kier molecular flexibility index (Phi) is 3.69. The summed E-state index contributed by atoms with van der Waals surface area (Å²) >= 11 is 0. The second kappa shape index (κ2) is 5.28. The number of nitrogen functional groups attached to an aromatic ring is 1. The van der Waals surface area contributed by atoms with Crippen LogP contribution in [0.15, 0.2) is 12.1 Å². The number of amides is 2. The molecule has 0 saturated carbocycles. The van der Waals surface area contributed by atoms with Crippen LogP contribution >= 0.6 is 0 Å². The molecule has 0 fully saturated rings. The fourth-order valence-corrected chi connectivity index (χ4v) is 2.09. The van der Waals surface area contributed by atoms with E-state index in [4.69, 9.17) is 16.2 Å². The highest BCUT2D eigenvalue weighted by atomic mass is 16.5. The van der Waals surface area contributed by atoms with Crippen molar-refractivity contribution in [3.05, 3.63) is 12.1 Å². The molecule has 0 radical (unpaired) electrons. The first-order valence-corrected chi connectivity index (χ1v) is 6.29. The van der Waals surface area contributed by atoms with E-state index in [-0.39, 0.29) is 25.1 Å². The first kappa shape index (κ1) is 14.0. The van der Waals surface area contributed by atoms with E-state index >= 15 is 0 Å². The van der Waals surface area contributed by atoms with Gasteiger partial charge in [0.05, 0.1) is 23.6 Å². The van der Waals surface area contributed by atoms with Crippen LogP contribution < -0.4 is 26.4 Å². The first-order valence-electron chi connectivity index (χ1n) is 6.29. The molecule has 5 N–H and O–H groups in total. The highest BCUT2D eigenvalue weighted by molar-refractivity contribution is 5.97. The highest BCUT2D eigenvalue weighted by Gasteiger charge is 2.22. The molecule has 7 nitrogen and oxygen atoms in total. The fourth-order valence-electron chi connectivity index (χ4n) is 2.09.